The fourth-order valence-corrected chi connectivity index (χ4v) is 1.60. The second-order valence-electron chi connectivity index (χ2n) is 3.99. The Bertz CT molecular complexity index is 497. The van der Waals surface area contributed by atoms with Crippen molar-refractivity contribution in [1.82, 2.24) is 0 Å². The number of halogens is 2. The van der Waals surface area contributed by atoms with E-state index in [2.05, 4.69) is 15.9 Å². The van der Waals surface area contributed by atoms with E-state index < -0.39 is 5.97 Å². The van der Waals surface area contributed by atoms with Crippen LogP contribution < -0.4 is 0 Å². The molecule has 1 aromatic rings. The van der Waals surface area contributed by atoms with Gasteiger partial charge in [0.15, 0.2) is 0 Å². The predicted octanol–water partition coefficient (Wildman–Crippen LogP) is 3.21. The summed E-state index contributed by atoms with van der Waals surface area (Å²) in [6.07, 6.45) is 3.79. The van der Waals surface area contributed by atoms with Gasteiger partial charge in [0.25, 0.3) is 0 Å². The molecule has 0 aliphatic rings. The molecular formula is C14H14BrFO3. The van der Waals surface area contributed by atoms with E-state index in [9.17, 15) is 14.0 Å². The number of ether oxygens (including phenoxy) is 1. The van der Waals surface area contributed by atoms with Crippen LogP contribution in [0.3, 0.4) is 0 Å². The van der Waals surface area contributed by atoms with Gasteiger partial charge in [0.1, 0.15) is 24.6 Å². The fraction of sp³-hybridized carbons (Fsp3) is 0.286. The van der Waals surface area contributed by atoms with E-state index in [1.165, 1.54) is 13.0 Å². The Morgan fingerprint density at radius 2 is 2.11 bits per heavy atom. The number of benzene rings is 1. The lowest BCUT2D eigenvalue weighted by atomic mass is 10.1. The van der Waals surface area contributed by atoms with Gasteiger partial charge in [-0.2, -0.15) is 0 Å². The molecule has 0 saturated carbocycles. The maximum absolute atomic E-state index is 13.2. The van der Waals surface area contributed by atoms with Crippen molar-refractivity contribution in [3.63, 3.8) is 0 Å². The van der Waals surface area contributed by atoms with Gasteiger partial charge in [-0.25, -0.2) is 4.39 Å². The van der Waals surface area contributed by atoms with Crippen molar-refractivity contribution in [2.45, 2.75) is 19.8 Å². The lowest BCUT2D eigenvalue weighted by molar-refractivity contribution is -0.144. The molecule has 0 aromatic heterocycles. The molecular weight excluding hydrogens is 315 g/mol. The number of rotatable bonds is 6. The monoisotopic (exact) mass is 328 g/mol. The highest BCUT2D eigenvalue weighted by molar-refractivity contribution is 9.10. The standard InChI is InChI=1S/C14H14BrFO3/c1-10(17)8-14(18)19-7-3-2-4-11-5-6-12(15)13(16)9-11/h2-3,5-6,9H,4,7-8H2,1H3. The molecule has 0 bridgehead atoms. The minimum Gasteiger partial charge on any atom is -0.461 e. The van der Waals surface area contributed by atoms with Crippen LogP contribution in [0.5, 0.6) is 0 Å². The van der Waals surface area contributed by atoms with Crippen LogP contribution in [0.4, 0.5) is 4.39 Å². The van der Waals surface area contributed by atoms with E-state index in [0.29, 0.717) is 10.9 Å². The first-order valence-electron chi connectivity index (χ1n) is 5.73. The molecule has 0 amide bonds. The summed E-state index contributed by atoms with van der Waals surface area (Å²) >= 11 is 3.08. The molecule has 1 aromatic carbocycles. The summed E-state index contributed by atoms with van der Waals surface area (Å²) in [5, 5.41) is 0. The first-order chi connectivity index (χ1) is 8.99. The average molecular weight is 329 g/mol. The van der Waals surface area contributed by atoms with Gasteiger partial charge in [-0.05, 0) is 47.0 Å². The molecule has 0 N–H and O–H groups in total. The van der Waals surface area contributed by atoms with Crippen molar-refractivity contribution >= 4 is 27.7 Å². The minimum absolute atomic E-state index is 0.116. The number of Topliss-reactive ketones (excluding diaryl/α,β-unsaturated/α-hetero) is 1. The van der Waals surface area contributed by atoms with E-state index in [4.69, 9.17) is 4.74 Å². The maximum Gasteiger partial charge on any atom is 0.313 e. The normalized spacial score (nSPS) is 10.7. The summed E-state index contributed by atoms with van der Waals surface area (Å²) in [5.74, 6) is -1.06. The molecule has 0 aliphatic heterocycles. The summed E-state index contributed by atoms with van der Waals surface area (Å²) in [6, 6.07) is 4.89. The Morgan fingerprint density at radius 3 is 2.74 bits per heavy atom. The quantitative estimate of drug-likeness (QED) is 0.457. The van der Waals surface area contributed by atoms with Crippen molar-refractivity contribution in [3.8, 4) is 0 Å². The van der Waals surface area contributed by atoms with Crippen molar-refractivity contribution in [3.05, 3.63) is 46.2 Å². The number of carbonyl (C=O) groups is 2. The molecule has 0 spiro atoms. The highest BCUT2D eigenvalue weighted by Gasteiger charge is 2.04. The van der Waals surface area contributed by atoms with Gasteiger partial charge < -0.3 is 4.74 Å². The molecule has 19 heavy (non-hydrogen) atoms. The van der Waals surface area contributed by atoms with Crippen LogP contribution in [0.1, 0.15) is 18.9 Å². The fourth-order valence-electron chi connectivity index (χ4n) is 1.35. The molecule has 0 saturated heterocycles. The molecule has 1 rings (SSSR count). The zero-order valence-corrected chi connectivity index (χ0v) is 12.1. The van der Waals surface area contributed by atoms with Gasteiger partial charge in [-0.15, -0.1) is 0 Å². The van der Waals surface area contributed by atoms with Gasteiger partial charge in [0.05, 0.1) is 4.47 Å². The van der Waals surface area contributed by atoms with Gasteiger partial charge in [-0.1, -0.05) is 18.2 Å². The molecule has 0 unspecified atom stereocenters. The third-order valence-corrected chi connectivity index (χ3v) is 2.88. The summed E-state index contributed by atoms with van der Waals surface area (Å²) in [7, 11) is 0. The molecule has 5 heteroatoms. The Labute approximate surface area is 119 Å². The molecule has 0 aliphatic carbocycles. The number of hydrogen-bond acceptors (Lipinski definition) is 3. The first-order valence-corrected chi connectivity index (χ1v) is 6.52. The summed E-state index contributed by atoms with van der Waals surface area (Å²) in [5.41, 5.74) is 0.826. The molecule has 0 fully saturated rings. The predicted molar refractivity (Wildman–Crippen MR) is 73.2 cm³/mol. The number of esters is 1. The van der Waals surface area contributed by atoms with Crippen molar-refractivity contribution in [2.24, 2.45) is 0 Å². The summed E-state index contributed by atoms with van der Waals surface area (Å²) in [6.45, 7) is 1.45. The largest absolute Gasteiger partial charge is 0.461 e. The lowest BCUT2D eigenvalue weighted by Gasteiger charge is -2.00. The SMILES string of the molecule is CC(=O)CC(=O)OCC=CCc1ccc(Br)c(F)c1. The number of ketones is 1. The minimum atomic E-state index is -0.535. The van der Waals surface area contributed by atoms with E-state index in [1.807, 2.05) is 0 Å². The van der Waals surface area contributed by atoms with E-state index >= 15 is 0 Å². The lowest BCUT2D eigenvalue weighted by Crippen LogP contribution is -2.08. The van der Waals surface area contributed by atoms with Crippen LogP contribution in [-0.4, -0.2) is 18.4 Å². The highest BCUT2D eigenvalue weighted by atomic mass is 79.9. The van der Waals surface area contributed by atoms with Crippen LogP contribution in [-0.2, 0) is 20.7 Å². The molecule has 0 radical (unpaired) electrons. The van der Waals surface area contributed by atoms with Crippen LogP contribution in [0, 0.1) is 5.82 Å². The third kappa shape index (κ3) is 6.29. The van der Waals surface area contributed by atoms with Gasteiger partial charge in [-0.3, -0.25) is 9.59 Å². The second-order valence-corrected chi connectivity index (χ2v) is 4.84. The van der Waals surface area contributed by atoms with Crippen LogP contribution in [0.15, 0.2) is 34.8 Å². The van der Waals surface area contributed by atoms with Gasteiger partial charge in [0, 0.05) is 0 Å². The molecule has 0 heterocycles. The van der Waals surface area contributed by atoms with Crippen molar-refractivity contribution in [2.75, 3.05) is 6.61 Å². The smallest absolute Gasteiger partial charge is 0.313 e. The molecule has 3 nitrogen and oxygen atoms in total. The van der Waals surface area contributed by atoms with E-state index in [0.717, 1.165) is 5.56 Å². The Kier molecular flexibility index (Phi) is 6.42. The molecule has 102 valence electrons. The second kappa shape index (κ2) is 7.84. The average Bonchev–Trinajstić information content (AvgIpc) is 2.32. The molecule has 0 atom stereocenters. The topological polar surface area (TPSA) is 43.4 Å². The van der Waals surface area contributed by atoms with Gasteiger partial charge in [0.2, 0.25) is 0 Å². The number of hydrogen-bond donors (Lipinski definition) is 0. The summed E-state index contributed by atoms with van der Waals surface area (Å²) in [4.78, 5) is 21.7. The highest BCUT2D eigenvalue weighted by Crippen LogP contribution is 2.16. The number of allylic oxidation sites excluding steroid dienone is 1. The Balaban J connectivity index is 2.32. The zero-order chi connectivity index (χ0) is 14.3. The zero-order valence-electron chi connectivity index (χ0n) is 10.5. The van der Waals surface area contributed by atoms with E-state index in [1.54, 1.807) is 24.3 Å². The summed E-state index contributed by atoms with van der Waals surface area (Å²) < 4.78 is 18.4. The van der Waals surface area contributed by atoms with Crippen LogP contribution in [0.2, 0.25) is 0 Å². The number of carbonyl (C=O) groups excluding carboxylic acids is 2. The van der Waals surface area contributed by atoms with Crippen molar-refractivity contribution in [1.29, 1.82) is 0 Å². The third-order valence-electron chi connectivity index (χ3n) is 2.24. The van der Waals surface area contributed by atoms with Crippen LogP contribution >= 0.6 is 15.9 Å². The van der Waals surface area contributed by atoms with Crippen molar-refractivity contribution < 1.29 is 18.7 Å². The Morgan fingerprint density at radius 1 is 1.37 bits per heavy atom. The van der Waals surface area contributed by atoms with Crippen LogP contribution in [0.25, 0.3) is 0 Å². The van der Waals surface area contributed by atoms with E-state index in [-0.39, 0.29) is 24.6 Å². The van der Waals surface area contributed by atoms with Gasteiger partial charge >= 0.3 is 5.97 Å². The Hall–Kier alpha value is -1.49. The maximum atomic E-state index is 13.2. The first kappa shape index (κ1) is 15.6.